The number of benzene rings is 4. The minimum atomic E-state index is 0.602. The van der Waals surface area contributed by atoms with Gasteiger partial charge in [-0.1, -0.05) is 63.8 Å². The highest BCUT2D eigenvalue weighted by Gasteiger charge is 2.42. The Kier molecular flexibility index (Phi) is 7.13. The van der Waals surface area contributed by atoms with Crippen LogP contribution in [-0.4, -0.2) is 32.0 Å². The molecule has 2 aliphatic rings. The summed E-state index contributed by atoms with van der Waals surface area (Å²) in [5, 5.41) is 11.9. The van der Waals surface area contributed by atoms with Crippen molar-refractivity contribution in [3.63, 3.8) is 0 Å². The van der Waals surface area contributed by atoms with Gasteiger partial charge in [0.05, 0.1) is 35.2 Å². The molecule has 2 aliphatic carbocycles. The first kappa shape index (κ1) is 28.2. The van der Waals surface area contributed by atoms with Crippen LogP contribution in [0.3, 0.4) is 0 Å². The summed E-state index contributed by atoms with van der Waals surface area (Å²) < 4.78 is 0. The fraction of sp³-hybridized carbons (Fsp3) is 0.316. The fourth-order valence-corrected chi connectivity index (χ4v) is 6.67. The van der Waals surface area contributed by atoms with Crippen molar-refractivity contribution in [3.8, 4) is 24.7 Å². The lowest BCUT2D eigenvalue weighted by molar-refractivity contribution is 0.623. The molecule has 220 valence electrons. The molecule has 0 amide bonds. The van der Waals surface area contributed by atoms with E-state index in [0.29, 0.717) is 12.1 Å². The summed E-state index contributed by atoms with van der Waals surface area (Å²) in [4.78, 5) is 16.8. The Morgan fingerprint density at radius 1 is 0.614 bits per heavy atom. The van der Waals surface area contributed by atoms with E-state index in [4.69, 9.17) is 9.97 Å². The molecule has 0 aliphatic heterocycles. The molecule has 4 unspecified atom stereocenters. The van der Waals surface area contributed by atoms with E-state index in [1.807, 2.05) is 0 Å². The summed E-state index contributed by atoms with van der Waals surface area (Å²) in [5.74, 6) is 11.7. The number of nitrogens with one attached hydrogen (secondary N) is 4. The van der Waals surface area contributed by atoms with Crippen LogP contribution in [0.25, 0.3) is 43.6 Å². The monoisotopic (exact) mass is 578 g/mol. The zero-order chi connectivity index (χ0) is 30.5. The number of hydrogen-bond acceptors (Lipinski definition) is 4. The third kappa shape index (κ3) is 5.11. The molecule has 2 aromatic heterocycles. The maximum Gasteiger partial charge on any atom is 0.121 e. The minimum Gasteiger partial charge on any atom is -0.341 e. The molecule has 0 saturated heterocycles. The molecule has 0 spiro atoms. The van der Waals surface area contributed by atoms with Crippen molar-refractivity contribution >= 4 is 43.6 Å². The molecule has 2 saturated carbocycles. The largest absolute Gasteiger partial charge is 0.341 e. The standard InChI is InChI=1S/C36H36N6.C2H2/c1-19-20(2)33(19)37-17-31-39-29-13-9-25-15-23(7-11-27(25)35(29)41-31)5-6-24-8-12-28-26(16-24)10-14-30-36(28)42-32(40-30)18-38-34-21(3)22(34)4;1-2/h7-16,19-22,33-34,37-38H,17-18H2,1-4H3,(H,39,41)(H,40,42);1-2H/t19-,20?,21-,22?,33?,34?;/m1./s1. The van der Waals surface area contributed by atoms with Gasteiger partial charge in [-0.2, -0.15) is 0 Å². The number of H-pyrrole nitrogens is 2. The Hall–Kier alpha value is -4.62. The molecule has 0 radical (unpaired) electrons. The number of fused-ring (bicyclic) bond motifs is 6. The highest BCUT2D eigenvalue weighted by molar-refractivity contribution is 6.05. The molecule has 4 aromatic carbocycles. The molecule has 2 fully saturated rings. The van der Waals surface area contributed by atoms with E-state index >= 15 is 0 Å². The molecule has 6 heteroatoms. The Bertz CT molecular complexity index is 1940. The van der Waals surface area contributed by atoms with Crippen molar-refractivity contribution in [2.45, 2.75) is 52.9 Å². The molecule has 6 atom stereocenters. The smallest absolute Gasteiger partial charge is 0.121 e. The summed E-state index contributed by atoms with van der Waals surface area (Å²) in [7, 11) is 0. The third-order valence-corrected chi connectivity index (χ3v) is 10.0. The average Bonchev–Trinajstić information content (AvgIpc) is 3.59. The molecule has 6 nitrogen and oxygen atoms in total. The van der Waals surface area contributed by atoms with Gasteiger partial charge in [-0.3, -0.25) is 0 Å². The van der Waals surface area contributed by atoms with Crippen LogP contribution in [0, 0.1) is 48.4 Å². The van der Waals surface area contributed by atoms with Crippen molar-refractivity contribution in [2.75, 3.05) is 0 Å². The Morgan fingerprint density at radius 2 is 1.02 bits per heavy atom. The predicted molar refractivity (Wildman–Crippen MR) is 181 cm³/mol. The van der Waals surface area contributed by atoms with Gasteiger partial charge in [0.1, 0.15) is 11.6 Å². The molecule has 6 aromatic rings. The average molecular weight is 579 g/mol. The van der Waals surface area contributed by atoms with Gasteiger partial charge >= 0.3 is 0 Å². The van der Waals surface area contributed by atoms with Crippen molar-refractivity contribution in [3.05, 3.63) is 83.4 Å². The lowest BCUT2D eigenvalue weighted by atomic mass is 10.0. The first-order valence-electron chi connectivity index (χ1n) is 15.6. The van der Waals surface area contributed by atoms with Crippen LogP contribution in [0.5, 0.6) is 0 Å². The first-order valence-corrected chi connectivity index (χ1v) is 15.6. The Labute approximate surface area is 258 Å². The number of nitrogens with zero attached hydrogens (tertiary/aromatic N) is 2. The molecule has 44 heavy (non-hydrogen) atoms. The number of aromatic amines is 2. The van der Waals surface area contributed by atoms with Crippen molar-refractivity contribution in [2.24, 2.45) is 23.7 Å². The molecule has 8 rings (SSSR count). The topological polar surface area (TPSA) is 81.4 Å². The normalized spacial score (nSPS) is 23.8. The Morgan fingerprint density at radius 3 is 1.41 bits per heavy atom. The predicted octanol–water partition coefficient (Wildman–Crippen LogP) is 6.88. The molecular weight excluding hydrogens is 540 g/mol. The summed E-state index contributed by atoms with van der Waals surface area (Å²) >= 11 is 0. The van der Waals surface area contributed by atoms with Gasteiger partial charge in [-0.05, 0) is 70.8 Å². The highest BCUT2D eigenvalue weighted by atomic mass is 15.0. The lowest BCUT2D eigenvalue weighted by Crippen LogP contribution is -2.19. The number of aromatic nitrogens is 4. The van der Waals surface area contributed by atoms with Gasteiger partial charge in [0.25, 0.3) is 0 Å². The van der Waals surface area contributed by atoms with Gasteiger partial charge in [0.15, 0.2) is 0 Å². The van der Waals surface area contributed by atoms with Crippen molar-refractivity contribution in [1.29, 1.82) is 0 Å². The van der Waals surface area contributed by atoms with Gasteiger partial charge in [0, 0.05) is 34.0 Å². The maximum atomic E-state index is 4.93. The van der Waals surface area contributed by atoms with Crippen LogP contribution in [0.4, 0.5) is 0 Å². The highest BCUT2D eigenvalue weighted by Crippen LogP contribution is 2.38. The molecule has 0 bridgehead atoms. The van der Waals surface area contributed by atoms with Gasteiger partial charge in [-0.15, -0.1) is 12.8 Å². The van der Waals surface area contributed by atoms with Crippen LogP contribution in [0.1, 0.15) is 50.5 Å². The molecule has 4 N–H and O–H groups in total. The van der Waals surface area contributed by atoms with E-state index in [1.54, 1.807) is 0 Å². The van der Waals surface area contributed by atoms with Crippen molar-refractivity contribution in [1.82, 2.24) is 30.6 Å². The van der Waals surface area contributed by atoms with Crippen LogP contribution in [-0.2, 0) is 13.1 Å². The first-order chi connectivity index (χ1) is 21.4. The van der Waals surface area contributed by atoms with E-state index in [1.165, 1.54) is 0 Å². The van der Waals surface area contributed by atoms with E-state index < -0.39 is 0 Å². The van der Waals surface area contributed by atoms with Gasteiger partial charge in [0.2, 0.25) is 0 Å². The second kappa shape index (κ2) is 11.1. The summed E-state index contributed by atoms with van der Waals surface area (Å²) in [6, 6.07) is 22.6. The second-order valence-corrected chi connectivity index (χ2v) is 12.7. The zero-order valence-corrected chi connectivity index (χ0v) is 25.7. The molecule has 2 heterocycles. The van der Waals surface area contributed by atoms with E-state index in [-0.39, 0.29) is 0 Å². The van der Waals surface area contributed by atoms with E-state index in [9.17, 15) is 0 Å². The summed E-state index contributed by atoms with van der Waals surface area (Å²) in [6.45, 7) is 10.8. The van der Waals surface area contributed by atoms with Crippen LogP contribution >= 0.6 is 0 Å². The zero-order valence-electron chi connectivity index (χ0n) is 25.7. The fourth-order valence-electron chi connectivity index (χ4n) is 6.67. The summed E-state index contributed by atoms with van der Waals surface area (Å²) in [5.41, 5.74) is 6.19. The quantitative estimate of drug-likeness (QED) is 0.162. The molecular formula is C38H38N6. The number of rotatable bonds is 6. The van der Waals surface area contributed by atoms with Crippen molar-refractivity contribution < 1.29 is 0 Å². The minimum absolute atomic E-state index is 0.602. The number of imidazole rings is 2. The van der Waals surface area contributed by atoms with Crippen LogP contribution in [0.2, 0.25) is 0 Å². The maximum absolute atomic E-state index is 4.93. The van der Waals surface area contributed by atoms with Gasteiger partial charge in [-0.25, -0.2) is 9.97 Å². The van der Waals surface area contributed by atoms with Crippen LogP contribution in [0.15, 0.2) is 60.7 Å². The SMILES string of the molecule is C#C.CC1C(NCc2nc3c(ccc4cc(C#Cc5ccc6c(ccc7[nH]c(CNC8C(C)[C@H]8C)nc76)c5)ccc43)[nH]2)[C@@H]1C. The number of terminal acetylenes is 1. The number of hydrogen-bond donors (Lipinski definition) is 4. The Balaban J connectivity index is 0.00000153. The van der Waals surface area contributed by atoms with E-state index in [2.05, 4.69) is 134 Å². The van der Waals surface area contributed by atoms with Gasteiger partial charge < -0.3 is 20.6 Å². The summed E-state index contributed by atoms with van der Waals surface area (Å²) in [6.07, 6.45) is 8.00. The second-order valence-electron chi connectivity index (χ2n) is 12.7. The lowest BCUT2D eigenvalue weighted by Gasteiger charge is -2.01. The third-order valence-electron chi connectivity index (χ3n) is 10.0. The van der Waals surface area contributed by atoms with Crippen LogP contribution < -0.4 is 10.6 Å². The van der Waals surface area contributed by atoms with E-state index in [0.717, 1.165) is 103 Å².